The SMILES string of the molecule is CC1(n2nc(-c3ccc(NC(=O)c4ccc(C(F)(F)F)cc4)c(Cl)c3)c3c(N)ncnc32)CCCCC1. The first-order valence-electron chi connectivity index (χ1n) is 11.8. The van der Waals surface area contributed by atoms with E-state index in [1.54, 1.807) is 18.2 Å². The van der Waals surface area contributed by atoms with E-state index < -0.39 is 17.6 Å². The van der Waals surface area contributed by atoms with Gasteiger partial charge in [-0.15, -0.1) is 0 Å². The van der Waals surface area contributed by atoms with E-state index in [1.807, 2.05) is 4.68 Å². The summed E-state index contributed by atoms with van der Waals surface area (Å²) >= 11 is 6.51. The molecule has 0 radical (unpaired) electrons. The lowest BCUT2D eigenvalue weighted by molar-refractivity contribution is -0.137. The van der Waals surface area contributed by atoms with Crippen LogP contribution < -0.4 is 11.1 Å². The number of carbonyl (C=O) groups is 1. The van der Waals surface area contributed by atoms with Crippen molar-refractivity contribution < 1.29 is 18.0 Å². The van der Waals surface area contributed by atoms with Crippen LogP contribution in [0.15, 0.2) is 48.8 Å². The third-order valence-corrected chi connectivity index (χ3v) is 7.21. The second kappa shape index (κ2) is 9.33. The lowest BCUT2D eigenvalue weighted by Gasteiger charge is -2.34. The van der Waals surface area contributed by atoms with Gasteiger partial charge in [0.05, 0.1) is 27.2 Å². The second-order valence-electron chi connectivity index (χ2n) is 9.50. The predicted octanol–water partition coefficient (Wildman–Crippen LogP) is 6.68. The van der Waals surface area contributed by atoms with Gasteiger partial charge in [0, 0.05) is 11.1 Å². The zero-order chi connectivity index (χ0) is 26.4. The number of halogens is 4. The highest BCUT2D eigenvalue weighted by Crippen LogP contribution is 2.40. The Balaban J connectivity index is 1.46. The summed E-state index contributed by atoms with van der Waals surface area (Å²) in [6.45, 7) is 2.17. The molecule has 1 aliphatic carbocycles. The summed E-state index contributed by atoms with van der Waals surface area (Å²) in [6.07, 6.45) is 2.30. The first kappa shape index (κ1) is 25.0. The highest BCUT2D eigenvalue weighted by molar-refractivity contribution is 6.34. The Morgan fingerprint density at radius 2 is 1.78 bits per heavy atom. The molecule has 37 heavy (non-hydrogen) atoms. The number of hydrogen-bond acceptors (Lipinski definition) is 5. The van der Waals surface area contributed by atoms with Gasteiger partial charge in [-0.05, 0) is 56.2 Å². The molecule has 4 aromatic rings. The van der Waals surface area contributed by atoms with E-state index in [0.29, 0.717) is 33.8 Å². The average Bonchev–Trinajstić information content (AvgIpc) is 3.27. The average molecular weight is 529 g/mol. The molecule has 0 bridgehead atoms. The summed E-state index contributed by atoms with van der Waals surface area (Å²) in [4.78, 5) is 21.3. The largest absolute Gasteiger partial charge is 0.416 e. The quantitative estimate of drug-likeness (QED) is 0.308. The number of amides is 1. The number of aromatic nitrogens is 4. The highest BCUT2D eigenvalue weighted by Gasteiger charge is 2.33. The van der Waals surface area contributed by atoms with Crippen LogP contribution in [-0.2, 0) is 11.7 Å². The molecule has 0 atom stereocenters. The summed E-state index contributed by atoms with van der Waals surface area (Å²) in [6, 6.07) is 8.98. The Hall–Kier alpha value is -3.66. The van der Waals surface area contributed by atoms with Crippen LogP contribution in [0.1, 0.15) is 54.9 Å². The summed E-state index contributed by atoms with van der Waals surface area (Å²) < 4.78 is 40.4. The Kier molecular flexibility index (Phi) is 6.31. The predicted molar refractivity (Wildman–Crippen MR) is 136 cm³/mol. The second-order valence-corrected chi connectivity index (χ2v) is 9.91. The summed E-state index contributed by atoms with van der Waals surface area (Å²) in [5, 5.41) is 8.43. The molecular formula is C26H24ClF3N6O. The fourth-order valence-electron chi connectivity index (χ4n) is 4.85. The lowest BCUT2D eigenvalue weighted by Crippen LogP contribution is -2.33. The Morgan fingerprint density at radius 3 is 2.43 bits per heavy atom. The van der Waals surface area contributed by atoms with Crippen molar-refractivity contribution in [3.8, 4) is 11.3 Å². The van der Waals surface area contributed by atoms with E-state index >= 15 is 0 Å². The number of fused-ring (bicyclic) bond motifs is 1. The maximum Gasteiger partial charge on any atom is 0.416 e. The van der Waals surface area contributed by atoms with Gasteiger partial charge in [-0.25, -0.2) is 14.6 Å². The van der Waals surface area contributed by atoms with E-state index in [2.05, 4.69) is 22.2 Å². The van der Waals surface area contributed by atoms with Crippen molar-refractivity contribution in [2.75, 3.05) is 11.1 Å². The number of benzene rings is 2. The number of anilines is 2. The number of alkyl halides is 3. The maximum atomic E-state index is 12.8. The fraction of sp³-hybridized carbons (Fsp3) is 0.308. The third kappa shape index (κ3) is 4.73. The van der Waals surface area contributed by atoms with Crippen molar-refractivity contribution in [2.45, 2.75) is 50.7 Å². The minimum absolute atomic E-state index is 0.0727. The molecule has 0 unspecified atom stereocenters. The van der Waals surface area contributed by atoms with E-state index in [4.69, 9.17) is 22.4 Å². The molecule has 11 heteroatoms. The van der Waals surface area contributed by atoms with Gasteiger partial charge in [0.2, 0.25) is 0 Å². The first-order valence-corrected chi connectivity index (χ1v) is 12.2. The molecule has 2 aromatic carbocycles. The van der Waals surface area contributed by atoms with Crippen molar-refractivity contribution in [2.24, 2.45) is 0 Å². The molecule has 7 nitrogen and oxygen atoms in total. The molecule has 1 saturated carbocycles. The van der Waals surface area contributed by atoms with Crippen LogP contribution in [0.3, 0.4) is 0 Å². The van der Waals surface area contributed by atoms with Crippen LogP contribution in [0.25, 0.3) is 22.3 Å². The van der Waals surface area contributed by atoms with Crippen LogP contribution in [0.2, 0.25) is 5.02 Å². The maximum absolute atomic E-state index is 12.8. The van der Waals surface area contributed by atoms with Crippen LogP contribution >= 0.6 is 11.6 Å². The Labute approximate surface area is 215 Å². The molecule has 2 aromatic heterocycles. The highest BCUT2D eigenvalue weighted by atomic mass is 35.5. The van der Waals surface area contributed by atoms with E-state index in [9.17, 15) is 18.0 Å². The van der Waals surface area contributed by atoms with Crippen molar-refractivity contribution >= 4 is 40.0 Å². The molecule has 3 N–H and O–H groups in total. The molecule has 1 aliphatic rings. The van der Waals surface area contributed by atoms with Crippen molar-refractivity contribution in [1.82, 2.24) is 19.7 Å². The van der Waals surface area contributed by atoms with E-state index in [1.165, 1.54) is 12.7 Å². The van der Waals surface area contributed by atoms with Gasteiger partial charge in [-0.3, -0.25) is 4.79 Å². The summed E-state index contributed by atoms with van der Waals surface area (Å²) in [5.41, 5.74) is 7.51. The monoisotopic (exact) mass is 528 g/mol. The molecule has 2 heterocycles. The minimum Gasteiger partial charge on any atom is -0.383 e. The fourth-order valence-corrected chi connectivity index (χ4v) is 5.07. The number of nitrogens with zero attached hydrogens (tertiary/aromatic N) is 4. The standard InChI is InChI=1S/C26H24ClF3N6O/c1-25(11-3-2-4-12-25)36-23-20(22(31)32-14-33-23)21(35-36)16-7-10-19(18(27)13-16)34-24(37)15-5-8-17(9-6-15)26(28,29)30/h5-10,13-14H,2-4,11-12H2,1H3,(H,34,37)(H2,31,32,33). The van der Waals surface area contributed by atoms with Gasteiger partial charge in [0.15, 0.2) is 5.65 Å². The Morgan fingerprint density at radius 1 is 1.08 bits per heavy atom. The van der Waals surface area contributed by atoms with E-state index in [0.717, 1.165) is 49.9 Å². The van der Waals surface area contributed by atoms with Gasteiger partial charge in [-0.2, -0.15) is 18.3 Å². The van der Waals surface area contributed by atoms with Gasteiger partial charge in [0.1, 0.15) is 17.8 Å². The smallest absolute Gasteiger partial charge is 0.383 e. The van der Waals surface area contributed by atoms with Crippen LogP contribution in [0.4, 0.5) is 24.7 Å². The van der Waals surface area contributed by atoms with Gasteiger partial charge in [-0.1, -0.05) is 36.9 Å². The number of rotatable bonds is 4. The minimum atomic E-state index is -4.48. The molecule has 5 rings (SSSR count). The lowest BCUT2D eigenvalue weighted by atomic mass is 9.83. The van der Waals surface area contributed by atoms with Crippen LogP contribution in [-0.4, -0.2) is 25.7 Å². The normalized spacial score (nSPS) is 15.6. The first-order chi connectivity index (χ1) is 17.6. The van der Waals surface area contributed by atoms with Crippen LogP contribution in [0, 0.1) is 0 Å². The molecule has 0 spiro atoms. The zero-order valence-corrected chi connectivity index (χ0v) is 20.7. The molecule has 0 aliphatic heterocycles. The van der Waals surface area contributed by atoms with E-state index in [-0.39, 0.29) is 16.1 Å². The number of nitrogens with one attached hydrogen (secondary N) is 1. The van der Waals surface area contributed by atoms with Crippen molar-refractivity contribution in [1.29, 1.82) is 0 Å². The van der Waals surface area contributed by atoms with Crippen molar-refractivity contribution in [3.63, 3.8) is 0 Å². The van der Waals surface area contributed by atoms with Gasteiger partial charge < -0.3 is 11.1 Å². The summed E-state index contributed by atoms with van der Waals surface area (Å²) in [7, 11) is 0. The molecule has 1 fully saturated rings. The number of nitrogen functional groups attached to an aromatic ring is 1. The molecular weight excluding hydrogens is 505 g/mol. The number of hydrogen-bond donors (Lipinski definition) is 2. The summed E-state index contributed by atoms with van der Waals surface area (Å²) in [5.74, 6) is -0.276. The van der Waals surface area contributed by atoms with Crippen LogP contribution in [0.5, 0.6) is 0 Å². The zero-order valence-electron chi connectivity index (χ0n) is 19.9. The van der Waals surface area contributed by atoms with Gasteiger partial charge in [0.25, 0.3) is 5.91 Å². The Bertz CT molecular complexity index is 1480. The molecule has 192 valence electrons. The van der Waals surface area contributed by atoms with Crippen molar-refractivity contribution in [3.05, 3.63) is 64.9 Å². The topological polar surface area (TPSA) is 98.7 Å². The number of carbonyl (C=O) groups excluding carboxylic acids is 1. The molecule has 1 amide bonds. The number of nitrogens with two attached hydrogens (primary N) is 1. The molecule has 0 saturated heterocycles. The third-order valence-electron chi connectivity index (χ3n) is 6.90. The van der Waals surface area contributed by atoms with Gasteiger partial charge >= 0.3 is 6.18 Å².